The van der Waals surface area contributed by atoms with E-state index in [4.69, 9.17) is 10.5 Å². The molecule has 2 amide bonds. The summed E-state index contributed by atoms with van der Waals surface area (Å²) < 4.78 is 5.06. The Hall–Kier alpha value is -2.52. The van der Waals surface area contributed by atoms with Gasteiger partial charge in [0.15, 0.2) is 5.70 Å². The zero-order valence-corrected chi connectivity index (χ0v) is 14.2. The van der Waals surface area contributed by atoms with Crippen LogP contribution in [0.2, 0.25) is 0 Å². The van der Waals surface area contributed by atoms with Crippen molar-refractivity contribution in [2.45, 2.75) is 17.5 Å². The predicted octanol–water partition coefficient (Wildman–Crippen LogP) is 0.0289. The lowest BCUT2D eigenvalue weighted by Crippen LogP contribution is -2.71. The number of carbonyl (C=O) groups is 3. The number of aliphatic carboxylic acids is 1. The third-order valence-electron chi connectivity index (χ3n) is 4.12. The Balaban J connectivity index is 1.73. The van der Waals surface area contributed by atoms with E-state index in [2.05, 4.69) is 5.32 Å². The van der Waals surface area contributed by atoms with Crippen molar-refractivity contribution in [3.8, 4) is 0 Å². The van der Waals surface area contributed by atoms with Crippen molar-refractivity contribution in [1.82, 2.24) is 10.2 Å². The van der Waals surface area contributed by atoms with E-state index in [1.807, 2.05) is 6.07 Å². The Morgan fingerprint density at radius 2 is 2.08 bits per heavy atom. The molecule has 4 N–H and O–H groups in total. The molecule has 1 aromatic carbocycles. The van der Waals surface area contributed by atoms with Gasteiger partial charge in [0.2, 0.25) is 5.91 Å². The van der Waals surface area contributed by atoms with Gasteiger partial charge in [-0.2, -0.15) is 0 Å². The Bertz CT molecular complexity index is 751. The lowest BCUT2D eigenvalue weighted by molar-refractivity contribution is -0.151. The van der Waals surface area contributed by atoms with Gasteiger partial charge in [-0.1, -0.05) is 30.3 Å². The molecule has 9 heteroatoms. The van der Waals surface area contributed by atoms with Gasteiger partial charge in [0.1, 0.15) is 23.2 Å². The number of fused-ring (bicyclic) bond motifs is 1. The van der Waals surface area contributed by atoms with E-state index in [-0.39, 0.29) is 11.5 Å². The van der Waals surface area contributed by atoms with Crippen LogP contribution in [0.15, 0.2) is 41.8 Å². The zero-order chi connectivity index (χ0) is 18.1. The van der Waals surface area contributed by atoms with Crippen molar-refractivity contribution >= 4 is 29.5 Å². The first kappa shape index (κ1) is 17.3. The standard InChI is InChI=1S/C16H17N3O5S/c1-24-9-7-25-15-11(14(21)19(15)12(9)16(22)23)18-13(20)10(17)8-5-3-2-4-6-8/h2-6,10-11,15H,7,17H2,1H3,(H,18,20)(H,22,23)/t10-,11+,15-/m1/s1. The first-order valence-electron chi connectivity index (χ1n) is 7.51. The van der Waals surface area contributed by atoms with E-state index in [9.17, 15) is 19.5 Å². The summed E-state index contributed by atoms with van der Waals surface area (Å²) in [5.74, 6) is -1.67. The molecule has 0 aromatic heterocycles. The number of ether oxygens (including phenoxy) is 1. The summed E-state index contributed by atoms with van der Waals surface area (Å²) in [6, 6.07) is 7.10. The molecule has 0 bridgehead atoms. The van der Waals surface area contributed by atoms with Crippen LogP contribution in [0.4, 0.5) is 0 Å². The number of nitrogens with one attached hydrogen (secondary N) is 1. The number of carboxylic acid groups (broad SMARTS) is 1. The molecule has 2 aliphatic heterocycles. The Labute approximate surface area is 148 Å². The lowest BCUT2D eigenvalue weighted by Gasteiger charge is -2.49. The summed E-state index contributed by atoms with van der Waals surface area (Å²) in [6.45, 7) is 0. The molecule has 0 saturated carbocycles. The highest BCUT2D eigenvalue weighted by atomic mass is 32.2. The highest BCUT2D eigenvalue weighted by Gasteiger charge is 2.54. The minimum absolute atomic E-state index is 0.172. The van der Waals surface area contributed by atoms with E-state index in [1.54, 1.807) is 24.3 Å². The second-order valence-electron chi connectivity index (χ2n) is 5.57. The average Bonchev–Trinajstić information content (AvgIpc) is 2.64. The third-order valence-corrected chi connectivity index (χ3v) is 5.37. The maximum absolute atomic E-state index is 12.4. The minimum atomic E-state index is -1.23. The van der Waals surface area contributed by atoms with Crippen LogP contribution in [0.25, 0.3) is 0 Å². The second-order valence-corrected chi connectivity index (χ2v) is 6.67. The molecule has 8 nitrogen and oxygen atoms in total. The number of hydrogen-bond donors (Lipinski definition) is 3. The molecule has 2 aliphatic rings. The predicted molar refractivity (Wildman–Crippen MR) is 90.1 cm³/mol. The van der Waals surface area contributed by atoms with Crippen molar-refractivity contribution in [1.29, 1.82) is 0 Å². The largest absolute Gasteiger partial charge is 0.498 e. The number of rotatable bonds is 5. The van der Waals surface area contributed by atoms with Crippen LogP contribution >= 0.6 is 11.8 Å². The van der Waals surface area contributed by atoms with E-state index in [0.717, 1.165) is 4.90 Å². The summed E-state index contributed by atoms with van der Waals surface area (Å²) in [6.07, 6.45) is 0. The molecule has 3 rings (SSSR count). The number of carbonyl (C=O) groups excluding carboxylic acids is 2. The summed E-state index contributed by atoms with van der Waals surface area (Å²) in [7, 11) is 1.36. The van der Waals surface area contributed by atoms with Gasteiger partial charge in [0.25, 0.3) is 5.91 Å². The maximum Gasteiger partial charge on any atom is 0.356 e. The molecule has 25 heavy (non-hydrogen) atoms. The number of amides is 2. The molecule has 3 atom stereocenters. The molecule has 2 heterocycles. The van der Waals surface area contributed by atoms with Crippen LogP contribution in [-0.2, 0) is 19.1 Å². The summed E-state index contributed by atoms with van der Waals surface area (Å²) in [5, 5.41) is 11.5. The SMILES string of the molecule is COC1=C(C(=O)O)N2C(=O)[C@H](NC(=O)[C@H](N)c3ccccc3)[C@H]2SC1. The molecular weight excluding hydrogens is 346 g/mol. The molecule has 132 valence electrons. The molecule has 1 fully saturated rings. The van der Waals surface area contributed by atoms with Crippen molar-refractivity contribution < 1.29 is 24.2 Å². The Morgan fingerprint density at radius 1 is 1.40 bits per heavy atom. The minimum Gasteiger partial charge on any atom is -0.498 e. The topological polar surface area (TPSA) is 122 Å². The van der Waals surface area contributed by atoms with E-state index >= 15 is 0 Å². The number of β-lactam (4-membered cyclic amide) rings is 1. The fourth-order valence-corrected chi connectivity index (χ4v) is 4.11. The van der Waals surface area contributed by atoms with Crippen LogP contribution in [-0.4, -0.2) is 52.1 Å². The average molecular weight is 363 g/mol. The summed E-state index contributed by atoms with van der Waals surface area (Å²) >= 11 is 1.33. The molecule has 1 aromatic rings. The van der Waals surface area contributed by atoms with E-state index in [1.165, 1.54) is 18.9 Å². The van der Waals surface area contributed by atoms with Crippen molar-refractivity contribution in [3.05, 3.63) is 47.4 Å². The van der Waals surface area contributed by atoms with Crippen molar-refractivity contribution in [3.63, 3.8) is 0 Å². The first-order valence-corrected chi connectivity index (χ1v) is 8.56. The number of hydrogen-bond acceptors (Lipinski definition) is 6. The fourth-order valence-electron chi connectivity index (χ4n) is 2.80. The smallest absolute Gasteiger partial charge is 0.356 e. The monoisotopic (exact) mass is 363 g/mol. The molecule has 0 aliphatic carbocycles. The molecule has 0 spiro atoms. The number of nitrogens with zero attached hydrogens (tertiary/aromatic N) is 1. The third kappa shape index (κ3) is 2.96. The van der Waals surface area contributed by atoms with Gasteiger partial charge in [-0.15, -0.1) is 11.8 Å². The summed E-state index contributed by atoms with van der Waals surface area (Å²) in [4.78, 5) is 37.3. The van der Waals surface area contributed by atoms with E-state index in [0.29, 0.717) is 11.3 Å². The molecule has 1 saturated heterocycles. The van der Waals surface area contributed by atoms with Gasteiger partial charge in [0, 0.05) is 0 Å². The van der Waals surface area contributed by atoms with Gasteiger partial charge >= 0.3 is 5.97 Å². The van der Waals surface area contributed by atoms with Crippen molar-refractivity contribution in [2.75, 3.05) is 12.9 Å². The number of carboxylic acids is 1. The van der Waals surface area contributed by atoms with Crippen LogP contribution in [0.3, 0.4) is 0 Å². The molecule has 0 radical (unpaired) electrons. The van der Waals surface area contributed by atoms with Crippen LogP contribution < -0.4 is 11.1 Å². The highest BCUT2D eigenvalue weighted by Crippen LogP contribution is 2.40. The maximum atomic E-state index is 12.4. The zero-order valence-electron chi connectivity index (χ0n) is 13.3. The first-order chi connectivity index (χ1) is 12.0. The van der Waals surface area contributed by atoms with Crippen molar-refractivity contribution in [2.24, 2.45) is 5.73 Å². The number of benzene rings is 1. The lowest BCUT2D eigenvalue weighted by atomic mass is 10.0. The van der Waals surface area contributed by atoms with Gasteiger partial charge in [-0.05, 0) is 5.56 Å². The number of thioether (sulfide) groups is 1. The number of methoxy groups -OCH3 is 1. The fraction of sp³-hybridized carbons (Fsp3) is 0.312. The van der Waals surface area contributed by atoms with Gasteiger partial charge in [-0.25, -0.2) is 4.79 Å². The Morgan fingerprint density at radius 3 is 2.68 bits per heavy atom. The number of nitrogens with two attached hydrogens (primary N) is 1. The van der Waals surface area contributed by atoms with E-state index < -0.39 is 35.2 Å². The van der Waals surface area contributed by atoms with Gasteiger partial charge in [-0.3, -0.25) is 14.5 Å². The van der Waals surface area contributed by atoms with Crippen LogP contribution in [0.5, 0.6) is 0 Å². The molecular formula is C16H17N3O5S. The summed E-state index contributed by atoms with van der Waals surface area (Å²) in [5.41, 5.74) is 6.39. The molecule has 0 unspecified atom stereocenters. The van der Waals surface area contributed by atoms with Crippen LogP contribution in [0.1, 0.15) is 11.6 Å². The van der Waals surface area contributed by atoms with Gasteiger partial charge < -0.3 is 20.9 Å². The highest BCUT2D eigenvalue weighted by molar-refractivity contribution is 8.00. The quantitative estimate of drug-likeness (QED) is 0.631. The van der Waals surface area contributed by atoms with Gasteiger partial charge in [0.05, 0.1) is 12.9 Å². The second kappa shape index (κ2) is 6.77. The van der Waals surface area contributed by atoms with Crippen LogP contribution in [0, 0.1) is 0 Å². The Kier molecular flexibility index (Phi) is 4.69. The normalized spacial score (nSPS) is 23.4.